The van der Waals surface area contributed by atoms with Crippen LogP contribution in [0, 0.1) is 0 Å². The molecule has 0 fully saturated rings. The number of anilines is 1. The van der Waals surface area contributed by atoms with Crippen molar-refractivity contribution in [2.45, 2.75) is 25.7 Å². The Bertz CT molecular complexity index is 486. The van der Waals surface area contributed by atoms with Crippen LogP contribution in [0.4, 0.5) is 5.82 Å². The second-order valence-electron chi connectivity index (χ2n) is 3.74. The summed E-state index contributed by atoms with van der Waals surface area (Å²) in [5.41, 5.74) is 9.40. The fourth-order valence-electron chi connectivity index (χ4n) is 2.20. The molecule has 4 nitrogen and oxygen atoms in total. The van der Waals surface area contributed by atoms with Crippen LogP contribution < -0.4 is 5.73 Å². The lowest BCUT2D eigenvalue weighted by Gasteiger charge is -2.17. The first kappa shape index (κ1) is 7.79. The molecule has 2 N–H and O–H groups in total. The van der Waals surface area contributed by atoms with Gasteiger partial charge in [0.05, 0.1) is 0 Å². The number of rotatable bonds is 0. The van der Waals surface area contributed by atoms with Gasteiger partial charge in [-0.25, -0.2) is 9.50 Å². The smallest absolute Gasteiger partial charge is 0.157 e. The van der Waals surface area contributed by atoms with Crippen molar-refractivity contribution in [3.8, 4) is 0 Å². The first-order valence-electron chi connectivity index (χ1n) is 4.97. The summed E-state index contributed by atoms with van der Waals surface area (Å²) in [6, 6.07) is 0. The molecule has 2 aromatic rings. The van der Waals surface area contributed by atoms with E-state index in [1.807, 2.05) is 6.20 Å². The highest BCUT2D eigenvalue weighted by Gasteiger charge is 2.17. The molecule has 1 aliphatic carbocycles. The Hall–Kier alpha value is -1.58. The first-order valence-corrected chi connectivity index (χ1v) is 4.97. The van der Waals surface area contributed by atoms with E-state index in [4.69, 9.17) is 5.73 Å². The zero-order chi connectivity index (χ0) is 9.54. The Morgan fingerprint density at radius 1 is 1.21 bits per heavy atom. The van der Waals surface area contributed by atoms with Crippen molar-refractivity contribution < 1.29 is 0 Å². The molecule has 4 heteroatoms. The minimum absolute atomic E-state index is 0.671. The topological polar surface area (TPSA) is 56.2 Å². The minimum atomic E-state index is 0.671. The summed E-state index contributed by atoms with van der Waals surface area (Å²) in [7, 11) is 0. The van der Waals surface area contributed by atoms with Crippen LogP contribution in [0.3, 0.4) is 0 Å². The van der Waals surface area contributed by atoms with Crippen LogP contribution >= 0.6 is 0 Å². The van der Waals surface area contributed by atoms with Gasteiger partial charge in [0, 0.05) is 23.5 Å². The molecule has 0 bridgehead atoms. The Labute approximate surface area is 81.8 Å². The summed E-state index contributed by atoms with van der Waals surface area (Å²) in [6.07, 6.45) is 8.21. The van der Waals surface area contributed by atoms with Gasteiger partial charge in [0.1, 0.15) is 5.82 Å². The third-order valence-electron chi connectivity index (χ3n) is 2.88. The molecule has 0 atom stereocenters. The van der Waals surface area contributed by atoms with Gasteiger partial charge in [-0.05, 0) is 25.7 Å². The molecule has 0 aromatic carbocycles. The largest absolute Gasteiger partial charge is 0.382 e. The van der Waals surface area contributed by atoms with E-state index in [-0.39, 0.29) is 0 Å². The van der Waals surface area contributed by atoms with E-state index in [9.17, 15) is 0 Å². The summed E-state index contributed by atoms with van der Waals surface area (Å²) in [6.45, 7) is 0. The Kier molecular flexibility index (Phi) is 1.50. The summed E-state index contributed by atoms with van der Waals surface area (Å²) in [5.74, 6) is 0.671. The number of aryl methyl sites for hydroxylation is 1. The maximum Gasteiger partial charge on any atom is 0.157 e. The third kappa shape index (κ3) is 0.937. The average Bonchev–Trinajstić information content (AvgIpc) is 2.66. The average molecular weight is 188 g/mol. The predicted octanol–water partition coefficient (Wildman–Crippen LogP) is 1.19. The maximum absolute atomic E-state index is 5.91. The second-order valence-corrected chi connectivity index (χ2v) is 3.74. The van der Waals surface area contributed by atoms with Crippen molar-refractivity contribution in [2.24, 2.45) is 0 Å². The Morgan fingerprint density at radius 2 is 2.00 bits per heavy atom. The van der Waals surface area contributed by atoms with E-state index >= 15 is 0 Å². The SMILES string of the molecule is Nc1nn2ccnc2c2c1CCCC2. The summed E-state index contributed by atoms with van der Waals surface area (Å²) in [4.78, 5) is 4.32. The highest BCUT2D eigenvalue weighted by molar-refractivity contribution is 5.58. The van der Waals surface area contributed by atoms with Gasteiger partial charge in [-0.1, -0.05) is 0 Å². The van der Waals surface area contributed by atoms with Crippen molar-refractivity contribution in [1.82, 2.24) is 14.6 Å². The summed E-state index contributed by atoms with van der Waals surface area (Å²) >= 11 is 0. The lowest BCUT2D eigenvalue weighted by Crippen LogP contribution is -2.12. The van der Waals surface area contributed by atoms with Crippen LogP contribution in [0.15, 0.2) is 12.4 Å². The zero-order valence-corrected chi connectivity index (χ0v) is 7.90. The number of fused-ring (bicyclic) bond motifs is 3. The van der Waals surface area contributed by atoms with Gasteiger partial charge in [0.25, 0.3) is 0 Å². The molecule has 0 unspecified atom stereocenters. The number of hydrogen-bond acceptors (Lipinski definition) is 3. The molecule has 0 spiro atoms. The van der Waals surface area contributed by atoms with Gasteiger partial charge >= 0.3 is 0 Å². The van der Waals surface area contributed by atoms with Crippen LogP contribution in [0.1, 0.15) is 24.0 Å². The minimum Gasteiger partial charge on any atom is -0.382 e. The highest BCUT2D eigenvalue weighted by Crippen LogP contribution is 2.27. The second kappa shape index (κ2) is 2.70. The molecule has 0 aliphatic heterocycles. The van der Waals surface area contributed by atoms with E-state index in [0.717, 1.165) is 18.5 Å². The van der Waals surface area contributed by atoms with E-state index < -0.39 is 0 Å². The molecule has 2 aromatic heterocycles. The predicted molar refractivity (Wildman–Crippen MR) is 54.0 cm³/mol. The van der Waals surface area contributed by atoms with Gasteiger partial charge in [-0.3, -0.25) is 0 Å². The number of hydrogen-bond donors (Lipinski definition) is 1. The maximum atomic E-state index is 5.91. The zero-order valence-electron chi connectivity index (χ0n) is 7.90. The number of aromatic nitrogens is 3. The van der Waals surface area contributed by atoms with Crippen molar-refractivity contribution >= 4 is 11.5 Å². The number of nitrogen functional groups attached to an aromatic ring is 1. The molecule has 3 rings (SSSR count). The molecule has 72 valence electrons. The standard InChI is InChI=1S/C10H12N4/c11-9-7-3-1-2-4-8(7)10-12-5-6-14(10)13-9/h5-6H,1-4H2,(H2,11,13). The number of nitrogens with two attached hydrogens (primary N) is 1. The Balaban J connectivity index is 2.39. The van der Waals surface area contributed by atoms with E-state index in [1.165, 1.54) is 24.0 Å². The van der Waals surface area contributed by atoms with Gasteiger partial charge in [-0.2, -0.15) is 0 Å². The molecule has 0 saturated carbocycles. The van der Waals surface area contributed by atoms with Crippen LogP contribution in [-0.2, 0) is 12.8 Å². The van der Waals surface area contributed by atoms with Crippen molar-refractivity contribution in [3.63, 3.8) is 0 Å². The van der Waals surface area contributed by atoms with E-state index in [0.29, 0.717) is 5.82 Å². The molecule has 0 saturated heterocycles. The molecule has 2 heterocycles. The molecular formula is C10H12N4. The van der Waals surface area contributed by atoms with Crippen LogP contribution in [0.5, 0.6) is 0 Å². The summed E-state index contributed by atoms with van der Waals surface area (Å²) in [5, 5.41) is 4.28. The highest BCUT2D eigenvalue weighted by atomic mass is 15.3. The lowest BCUT2D eigenvalue weighted by molar-refractivity contribution is 0.678. The van der Waals surface area contributed by atoms with Gasteiger partial charge in [0.15, 0.2) is 5.65 Å². The molecule has 1 aliphatic rings. The monoisotopic (exact) mass is 188 g/mol. The molecule has 14 heavy (non-hydrogen) atoms. The van der Waals surface area contributed by atoms with Gasteiger partial charge < -0.3 is 5.73 Å². The number of imidazole rings is 1. The molecule has 0 amide bonds. The third-order valence-corrected chi connectivity index (χ3v) is 2.88. The van der Waals surface area contributed by atoms with Crippen molar-refractivity contribution in [3.05, 3.63) is 23.5 Å². The lowest BCUT2D eigenvalue weighted by atomic mass is 9.93. The van der Waals surface area contributed by atoms with Crippen molar-refractivity contribution in [1.29, 1.82) is 0 Å². The van der Waals surface area contributed by atoms with Crippen LogP contribution in [0.25, 0.3) is 5.65 Å². The summed E-state index contributed by atoms with van der Waals surface area (Å²) < 4.78 is 1.78. The molecular weight excluding hydrogens is 176 g/mol. The Morgan fingerprint density at radius 3 is 2.86 bits per heavy atom. The normalized spacial score (nSPS) is 15.7. The fourth-order valence-corrected chi connectivity index (χ4v) is 2.20. The van der Waals surface area contributed by atoms with E-state index in [1.54, 1.807) is 10.7 Å². The van der Waals surface area contributed by atoms with Crippen LogP contribution in [-0.4, -0.2) is 14.6 Å². The van der Waals surface area contributed by atoms with Gasteiger partial charge in [0.2, 0.25) is 0 Å². The van der Waals surface area contributed by atoms with E-state index in [2.05, 4.69) is 10.1 Å². The quantitative estimate of drug-likeness (QED) is 0.675. The first-order chi connectivity index (χ1) is 6.86. The van der Waals surface area contributed by atoms with Gasteiger partial charge in [-0.15, -0.1) is 5.10 Å². The number of nitrogens with zero attached hydrogens (tertiary/aromatic N) is 3. The van der Waals surface area contributed by atoms with Crippen LogP contribution in [0.2, 0.25) is 0 Å². The fraction of sp³-hybridized carbons (Fsp3) is 0.400. The van der Waals surface area contributed by atoms with Crippen molar-refractivity contribution in [2.75, 3.05) is 5.73 Å². The molecule has 0 radical (unpaired) electrons.